The third-order valence-corrected chi connectivity index (χ3v) is 5.89. The number of carbonyl (C=O) groups excluding carboxylic acids is 1. The Balaban J connectivity index is 2.05. The second kappa shape index (κ2) is 6.18. The molecule has 4 nitrogen and oxygen atoms in total. The van der Waals surface area contributed by atoms with Crippen molar-refractivity contribution in [3.63, 3.8) is 0 Å². The Morgan fingerprint density at radius 2 is 2.05 bits per heavy atom. The Kier molecular flexibility index (Phi) is 4.71. The van der Waals surface area contributed by atoms with Gasteiger partial charge in [0.1, 0.15) is 5.75 Å². The highest BCUT2D eigenvalue weighted by molar-refractivity contribution is 7.92. The molecule has 0 saturated heterocycles. The molecule has 1 aromatic carbocycles. The number of rotatable bonds is 5. The average molecular weight is 309 g/mol. The normalized spacial score (nSPS) is 21.6. The van der Waals surface area contributed by atoms with Crippen molar-refractivity contribution in [2.75, 3.05) is 18.1 Å². The second-order valence-electron chi connectivity index (χ2n) is 6.02. The highest BCUT2D eigenvalue weighted by Gasteiger charge is 2.32. The minimum Gasteiger partial charge on any atom is -0.354 e. The zero-order valence-electron chi connectivity index (χ0n) is 12.7. The largest absolute Gasteiger partial charge is 0.354 e. The zero-order valence-corrected chi connectivity index (χ0v) is 13.5. The van der Waals surface area contributed by atoms with Crippen LogP contribution in [-0.4, -0.2) is 32.4 Å². The first-order valence-corrected chi connectivity index (χ1v) is 9.24. The lowest BCUT2D eigenvalue weighted by Crippen LogP contribution is -2.42. The van der Waals surface area contributed by atoms with E-state index in [1.54, 1.807) is 6.92 Å². The number of nitrogens with one attached hydrogen (secondary N) is 1. The third kappa shape index (κ3) is 3.84. The molecule has 2 rings (SSSR count). The quantitative estimate of drug-likeness (QED) is 0.902. The first-order chi connectivity index (χ1) is 9.86. The van der Waals surface area contributed by atoms with Crippen LogP contribution in [-0.2, 0) is 26.5 Å². The number of aryl methyl sites for hydroxylation is 1. The standard InChI is InChI=1S/C16H23NO3S/c1-3-21(19,20)11-15(18)17-12-16(2)10-6-8-13-7-4-5-9-14(13)16/h4-5,7,9H,3,6,8,10-12H2,1-2H3,(H,17,18). The third-order valence-electron chi connectivity index (χ3n) is 4.31. The molecule has 0 spiro atoms. The highest BCUT2D eigenvalue weighted by Crippen LogP contribution is 2.36. The van der Waals surface area contributed by atoms with Crippen LogP contribution in [0.3, 0.4) is 0 Å². The summed E-state index contributed by atoms with van der Waals surface area (Å²) < 4.78 is 23.0. The van der Waals surface area contributed by atoms with E-state index in [0.29, 0.717) is 6.54 Å². The lowest BCUT2D eigenvalue weighted by molar-refractivity contribution is -0.118. The fourth-order valence-electron chi connectivity index (χ4n) is 2.96. The maximum absolute atomic E-state index is 11.8. The maximum Gasteiger partial charge on any atom is 0.235 e. The van der Waals surface area contributed by atoms with Crippen LogP contribution in [0.2, 0.25) is 0 Å². The summed E-state index contributed by atoms with van der Waals surface area (Å²) in [5.41, 5.74) is 2.50. The molecule has 5 heteroatoms. The van der Waals surface area contributed by atoms with Crippen LogP contribution in [0.1, 0.15) is 37.8 Å². The molecule has 1 amide bonds. The molecule has 1 unspecified atom stereocenters. The SMILES string of the molecule is CCS(=O)(=O)CC(=O)NCC1(C)CCCc2ccccc21. The van der Waals surface area contributed by atoms with Gasteiger partial charge in [-0.25, -0.2) is 8.42 Å². The molecule has 0 heterocycles. The van der Waals surface area contributed by atoms with E-state index in [-0.39, 0.29) is 11.2 Å². The molecular weight excluding hydrogens is 286 g/mol. The van der Waals surface area contributed by atoms with Crippen molar-refractivity contribution in [1.29, 1.82) is 0 Å². The molecule has 1 aliphatic carbocycles. The second-order valence-corrected chi connectivity index (χ2v) is 8.38. The molecule has 0 aromatic heterocycles. The van der Waals surface area contributed by atoms with Gasteiger partial charge in [-0.2, -0.15) is 0 Å². The van der Waals surface area contributed by atoms with Crippen LogP contribution in [0, 0.1) is 0 Å². The Morgan fingerprint density at radius 1 is 1.33 bits per heavy atom. The topological polar surface area (TPSA) is 63.2 Å². The van der Waals surface area contributed by atoms with Crippen molar-refractivity contribution >= 4 is 15.7 Å². The van der Waals surface area contributed by atoms with Crippen molar-refractivity contribution in [1.82, 2.24) is 5.32 Å². The monoisotopic (exact) mass is 309 g/mol. The van der Waals surface area contributed by atoms with Crippen molar-refractivity contribution in [2.45, 2.75) is 38.5 Å². The molecule has 21 heavy (non-hydrogen) atoms. The molecule has 0 bridgehead atoms. The van der Waals surface area contributed by atoms with Gasteiger partial charge in [-0.1, -0.05) is 38.1 Å². The van der Waals surface area contributed by atoms with Crippen LogP contribution < -0.4 is 5.32 Å². The van der Waals surface area contributed by atoms with Gasteiger partial charge in [-0.15, -0.1) is 0 Å². The number of hydrogen-bond acceptors (Lipinski definition) is 3. The van der Waals surface area contributed by atoms with Gasteiger partial charge < -0.3 is 5.32 Å². The van der Waals surface area contributed by atoms with Gasteiger partial charge in [0.05, 0.1) is 0 Å². The molecule has 116 valence electrons. The summed E-state index contributed by atoms with van der Waals surface area (Å²) in [5.74, 6) is -0.817. The van der Waals surface area contributed by atoms with Crippen molar-refractivity contribution in [2.24, 2.45) is 0 Å². The molecule has 0 fully saturated rings. The Morgan fingerprint density at radius 3 is 2.76 bits per heavy atom. The van der Waals surface area contributed by atoms with E-state index >= 15 is 0 Å². The number of fused-ring (bicyclic) bond motifs is 1. The first-order valence-electron chi connectivity index (χ1n) is 7.42. The minimum atomic E-state index is -3.26. The Hall–Kier alpha value is -1.36. The Bertz CT molecular complexity index is 624. The maximum atomic E-state index is 11.8. The van der Waals surface area contributed by atoms with Gasteiger partial charge >= 0.3 is 0 Å². The molecule has 1 aromatic rings. The zero-order chi connectivity index (χ0) is 15.5. The van der Waals surface area contributed by atoms with E-state index in [1.807, 2.05) is 12.1 Å². The molecular formula is C16H23NO3S. The van der Waals surface area contributed by atoms with Crippen molar-refractivity contribution in [3.8, 4) is 0 Å². The lowest BCUT2D eigenvalue weighted by Gasteiger charge is -2.36. The summed E-state index contributed by atoms with van der Waals surface area (Å²) in [4.78, 5) is 11.8. The average Bonchev–Trinajstić information content (AvgIpc) is 2.46. The molecule has 1 atom stereocenters. The summed E-state index contributed by atoms with van der Waals surface area (Å²) in [6.07, 6.45) is 3.17. The highest BCUT2D eigenvalue weighted by atomic mass is 32.2. The molecule has 0 aliphatic heterocycles. The van der Waals surface area contributed by atoms with Gasteiger partial charge in [-0.05, 0) is 30.4 Å². The number of hydrogen-bond donors (Lipinski definition) is 1. The smallest absolute Gasteiger partial charge is 0.235 e. The van der Waals surface area contributed by atoms with E-state index in [4.69, 9.17) is 0 Å². The van der Waals surface area contributed by atoms with Crippen LogP contribution in [0.25, 0.3) is 0 Å². The Labute approximate surface area is 126 Å². The predicted molar refractivity (Wildman–Crippen MR) is 84.1 cm³/mol. The van der Waals surface area contributed by atoms with Crippen LogP contribution >= 0.6 is 0 Å². The van der Waals surface area contributed by atoms with Crippen LogP contribution in [0.15, 0.2) is 24.3 Å². The molecule has 0 saturated carbocycles. The fourth-order valence-corrected chi connectivity index (χ4v) is 3.67. The van der Waals surface area contributed by atoms with Crippen molar-refractivity contribution < 1.29 is 13.2 Å². The predicted octanol–water partition coefficient (Wildman–Crippen LogP) is 1.83. The van der Waals surface area contributed by atoms with Gasteiger partial charge in [0.15, 0.2) is 9.84 Å². The molecule has 1 aliphatic rings. The molecule has 1 N–H and O–H groups in total. The van der Waals surface area contributed by atoms with Gasteiger partial charge in [-0.3, -0.25) is 4.79 Å². The van der Waals surface area contributed by atoms with Crippen LogP contribution in [0.4, 0.5) is 0 Å². The molecule has 0 radical (unpaired) electrons. The first kappa shape index (κ1) is 16.0. The summed E-state index contributed by atoms with van der Waals surface area (Å²) in [5, 5.41) is 2.81. The van der Waals surface area contributed by atoms with E-state index in [0.717, 1.165) is 19.3 Å². The van der Waals surface area contributed by atoms with Crippen molar-refractivity contribution in [3.05, 3.63) is 35.4 Å². The summed E-state index contributed by atoms with van der Waals surface area (Å²) in [6.45, 7) is 4.18. The number of sulfone groups is 1. The van der Waals surface area contributed by atoms with E-state index in [1.165, 1.54) is 11.1 Å². The number of carbonyl (C=O) groups is 1. The minimum absolute atomic E-state index is 0.000517. The van der Waals surface area contributed by atoms with Crippen LogP contribution in [0.5, 0.6) is 0 Å². The summed E-state index contributed by atoms with van der Waals surface area (Å²) in [7, 11) is -3.26. The number of benzene rings is 1. The van der Waals surface area contributed by atoms with E-state index < -0.39 is 21.5 Å². The summed E-state index contributed by atoms with van der Waals surface area (Å²) >= 11 is 0. The van der Waals surface area contributed by atoms with E-state index in [9.17, 15) is 13.2 Å². The number of amides is 1. The lowest BCUT2D eigenvalue weighted by atomic mass is 9.71. The van der Waals surface area contributed by atoms with Gasteiger partial charge in [0.2, 0.25) is 5.91 Å². The van der Waals surface area contributed by atoms with Gasteiger partial charge in [0, 0.05) is 17.7 Å². The fraction of sp³-hybridized carbons (Fsp3) is 0.562. The van der Waals surface area contributed by atoms with E-state index in [2.05, 4.69) is 24.4 Å². The van der Waals surface area contributed by atoms with Gasteiger partial charge in [0.25, 0.3) is 0 Å². The summed E-state index contributed by atoms with van der Waals surface area (Å²) in [6, 6.07) is 8.31.